The quantitative estimate of drug-likeness (QED) is 0.348. The van der Waals surface area contributed by atoms with Gasteiger partial charge in [-0.2, -0.15) is 0 Å². The molecule has 0 heterocycles. The average Bonchev–Trinajstić information content (AvgIpc) is 3.02. The first-order chi connectivity index (χ1) is 9.91. The van der Waals surface area contributed by atoms with E-state index in [2.05, 4.69) is 58.4 Å². The summed E-state index contributed by atoms with van der Waals surface area (Å²) in [5.74, 6) is 6.35. The van der Waals surface area contributed by atoms with Crippen molar-refractivity contribution in [2.45, 2.75) is 73.1 Å². The van der Waals surface area contributed by atoms with E-state index in [4.69, 9.17) is 6.42 Å². The fourth-order valence-corrected chi connectivity index (χ4v) is 3.32. The predicted molar refractivity (Wildman–Crippen MR) is 94.0 cm³/mol. The lowest BCUT2D eigenvalue weighted by Crippen LogP contribution is -2.04. The third-order valence-corrected chi connectivity index (χ3v) is 5.02. The summed E-state index contributed by atoms with van der Waals surface area (Å²) in [6, 6.07) is 0. The molecule has 0 saturated heterocycles. The Hall–Kier alpha value is -0.920. The van der Waals surface area contributed by atoms with Crippen molar-refractivity contribution in [2.24, 2.45) is 29.1 Å². The van der Waals surface area contributed by atoms with Gasteiger partial charge in [-0.1, -0.05) is 47.5 Å². The van der Waals surface area contributed by atoms with Crippen molar-refractivity contribution < 1.29 is 0 Å². The summed E-state index contributed by atoms with van der Waals surface area (Å²) in [4.78, 5) is 0. The van der Waals surface area contributed by atoms with E-state index in [1.54, 1.807) is 0 Å². The Morgan fingerprint density at radius 2 is 1.90 bits per heavy atom. The van der Waals surface area contributed by atoms with Crippen LogP contribution in [0, 0.1) is 41.4 Å². The van der Waals surface area contributed by atoms with Crippen molar-refractivity contribution in [2.75, 3.05) is 0 Å². The average molecular weight is 287 g/mol. The molecule has 0 aromatic carbocycles. The molecule has 0 spiro atoms. The van der Waals surface area contributed by atoms with Gasteiger partial charge < -0.3 is 0 Å². The Bertz CT molecular complexity index is 400. The molecular weight excluding hydrogens is 252 g/mol. The van der Waals surface area contributed by atoms with Crippen LogP contribution >= 0.6 is 0 Å². The van der Waals surface area contributed by atoms with E-state index in [0.29, 0.717) is 5.92 Å². The zero-order chi connectivity index (χ0) is 15.9. The summed E-state index contributed by atoms with van der Waals surface area (Å²) in [6.45, 7) is 11.4. The van der Waals surface area contributed by atoms with Gasteiger partial charge in [0.05, 0.1) is 0 Å². The predicted octanol–water partition coefficient (Wildman–Crippen LogP) is 6.24. The van der Waals surface area contributed by atoms with Crippen LogP contribution in [0.3, 0.4) is 0 Å². The highest BCUT2D eigenvalue weighted by Crippen LogP contribution is 2.52. The van der Waals surface area contributed by atoms with E-state index >= 15 is 0 Å². The Morgan fingerprint density at radius 1 is 1.24 bits per heavy atom. The van der Waals surface area contributed by atoms with Crippen LogP contribution in [-0.2, 0) is 0 Å². The molecule has 0 aromatic rings. The number of hydrogen-bond donors (Lipinski definition) is 0. The van der Waals surface area contributed by atoms with Gasteiger partial charge in [0.15, 0.2) is 0 Å². The molecule has 1 saturated carbocycles. The van der Waals surface area contributed by atoms with Crippen LogP contribution in [0.1, 0.15) is 73.1 Å². The summed E-state index contributed by atoms with van der Waals surface area (Å²) in [6.07, 6.45) is 17.4. The number of rotatable bonds is 9. The normalized spacial score (nSPS) is 25.6. The molecule has 0 aliphatic heterocycles. The van der Waals surface area contributed by atoms with Crippen molar-refractivity contribution in [3.63, 3.8) is 0 Å². The first kappa shape index (κ1) is 18.1. The van der Waals surface area contributed by atoms with Crippen molar-refractivity contribution in [1.82, 2.24) is 0 Å². The molecule has 0 radical (unpaired) electrons. The molecule has 4 atom stereocenters. The Morgan fingerprint density at radius 3 is 2.52 bits per heavy atom. The van der Waals surface area contributed by atoms with Gasteiger partial charge in [-0.3, -0.25) is 0 Å². The van der Waals surface area contributed by atoms with Crippen LogP contribution < -0.4 is 0 Å². The minimum absolute atomic E-state index is 0.0707. The lowest BCUT2D eigenvalue weighted by atomic mass is 9.89. The maximum Gasteiger partial charge on any atom is 0.0178 e. The van der Waals surface area contributed by atoms with Gasteiger partial charge in [-0.15, -0.1) is 18.1 Å². The number of terminal acetylenes is 1. The maximum atomic E-state index is 5.39. The topological polar surface area (TPSA) is 0 Å². The minimum atomic E-state index is 0.0707. The molecule has 21 heavy (non-hydrogen) atoms. The van der Waals surface area contributed by atoms with Crippen LogP contribution in [0.2, 0.25) is 0 Å². The molecule has 0 amide bonds. The lowest BCUT2D eigenvalue weighted by Gasteiger charge is -2.14. The molecule has 1 rings (SSSR count). The van der Waals surface area contributed by atoms with Crippen molar-refractivity contribution in [3.05, 3.63) is 17.9 Å². The van der Waals surface area contributed by atoms with Gasteiger partial charge in [0.25, 0.3) is 0 Å². The highest BCUT2D eigenvalue weighted by atomic mass is 14.5. The van der Waals surface area contributed by atoms with Gasteiger partial charge >= 0.3 is 0 Å². The third-order valence-electron chi connectivity index (χ3n) is 5.02. The monoisotopic (exact) mass is 286 g/mol. The van der Waals surface area contributed by atoms with Crippen LogP contribution in [0.4, 0.5) is 0 Å². The first-order valence-corrected chi connectivity index (χ1v) is 8.78. The minimum Gasteiger partial charge on any atom is -0.129 e. The summed E-state index contributed by atoms with van der Waals surface area (Å²) >= 11 is 0. The molecule has 0 N–H and O–H groups in total. The summed E-state index contributed by atoms with van der Waals surface area (Å²) in [5, 5.41) is 0. The smallest absolute Gasteiger partial charge is 0.0178 e. The van der Waals surface area contributed by atoms with Crippen molar-refractivity contribution in [3.8, 4) is 12.3 Å². The molecule has 1 fully saturated rings. The number of allylic oxidation sites excluding steroid dienone is 1. The largest absolute Gasteiger partial charge is 0.129 e. The molecule has 1 aliphatic rings. The Labute approximate surface area is 133 Å². The van der Waals surface area contributed by atoms with Crippen LogP contribution in [0.5, 0.6) is 0 Å². The van der Waals surface area contributed by atoms with Crippen molar-refractivity contribution in [1.29, 1.82) is 0 Å². The van der Waals surface area contributed by atoms with Crippen LogP contribution in [0.25, 0.3) is 0 Å². The summed E-state index contributed by atoms with van der Waals surface area (Å²) < 4.78 is 0. The molecular formula is C21H34. The van der Waals surface area contributed by atoms with Gasteiger partial charge in [-0.05, 0) is 55.1 Å². The lowest BCUT2D eigenvalue weighted by molar-refractivity contribution is 0.497. The molecule has 118 valence electrons. The molecule has 1 aliphatic carbocycles. The SMILES string of the molecule is C#CCC(C)(C)C=C=CC(C)CCC1C(C)C1CCCC. The first-order valence-electron chi connectivity index (χ1n) is 8.78. The highest BCUT2D eigenvalue weighted by molar-refractivity contribution is 5.03. The maximum absolute atomic E-state index is 5.39. The van der Waals surface area contributed by atoms with E-state index in [1.807, 2.05) is 0 Å². The number of unbranched alkanes of at least 4 members (excludes halogenated alkanes) is 1. The molecule has 0 bridgehead atoms. The summed E-state index contributed by atoms with van der Waals surface area (Å²) in [7, 11) is 0. The van der Waals surface area contributed by atoms with Crippen LogP contribution in [-0.4, -0.2) is 0 Å². The second-order valence-electron chi connectivity index (χ2n) is 7.73. The number of hydrogen-bond acceptors (Lipinski definition) is 0. The van der Waals surface area contributed by atoms with Gasteiger partial charge in [0, 0.05) is 11.8 Å². The molecule has 0 nitrogen and oxygen atoms in total. The van der Waals surface area contributed by atoms with E-state index < -0.39 is 0 Å². The second-order valence-corrected chi connectivity index (χ2v) is 7.73. The van der Waals surface area contributed by atoms with E-state index in [-0.39, 0.29) is 5.41 Å². The van der Waals surface area contributed by atoms with Gasteiger partial charge in [-0.25, -0.2) is 0 Å². The fourth-order valence-electron chi connectivity index (χ4n) is 3.32. The standard InChI is InChI=1S/C21H34/c1-7-9-12-19-18(4)20(19)14-13-17(3)11-10-16-21(5,6)15-8-2/h2,11,16-20H,7,9,12-15H2,1,3-6H3. The molecule has 0 heteroatoms. The van der Waals surface area contributed by atoms with E-state index in [9.17, 15) is 0 Å². The van der Waals surface area contributed by atoms with E-state index in [0.717, 1.165) is 24.2 Å². The third kappa shape index (κ3) is 6.58. The summed E-state index contributed by atoms with van der Waals surface area (Å²) in [5.41, 5.74) is 3.44. The van der Waals surface area contributed by atoms with Gasteiger partial charge in [0.2, 0.25) is 0 Å². The highest BCUT2D eigenvalue weighted by Gasteiger charge is 2.44. The molecule has 4 unspecified atom stereocenters. The second kappa shape index (κ2) is 8.51. The van der Waals surface area contributed by atoms with Gasteiger partial charge in [0.1, 0.15) is 0 Å². The zero-order valence-corrected chi connectivity index (χ0v) is 14.8. The van der Waals surface area contributed by atoms with E-state index in [1.165, 1.54) is 32.1 Å². The molecule has 0 aromatic heterocycles. The Balaban J connectivity index is 2.30. The Kier molecular flexibility index (Phi) is 7.34. The fraction of sp³-hybridized carbons (Fsp3) is 0.762. The van der Waals surface area contributed by atoms with Crippen molar-refractivity contribution >= 4 is 0 Å². The van der Waals surface area contributed by atoms with Crippen LogP contribution in [0.15, 0.2) is 17.9 Å². The zero-order valence-electron chi connectivity index (χ0n) is 14.8.